The number of β-lactam (4-membered cyclic amide) rings is 1. The second-order valence-corrected chi connectivity index (χ2v) is 16.6. The summed E-state index contributed by atoms with van der Waals surface area (Å²) < 4.78 is 12.7. The summed E-state index contributed by atoms with van der Waals surface area (Å²) in [7, 11) is -2.04. The van der Waals surface area contributed by atoms with Gasteiger partial charge in [-0.15, -0.1) is 11.8 Å². The molecule has 3 atom stereocenters. The van der Waals surface area contributed by atoms with Crippen LogP contribution in [0.2, 0.25) is 18.1 Å². The van der Waals surface area contributed by atoms with Crippen LogP contribution in [-0.2, 0) is 25.4 Å². The summed E-state index contributed by atoms with van der Waals surface area (Å²) in [6, 6.07) is 5.83. The zero-order valence-electron chi connectivity index (χ0n) is 19.9. The number of non-ortho nitro benzene ring substituents is 1. The molecule has 1 aromatic rings. The Balaban J connectivity index is 1.68. The summed E-state index contributed by atoms with van der Waals surface area (Å²) in [5, 5.41) is 10.6. The number of esters is 1. The highest BCUT2D eigenvalue weighted by Gasteiger charge is 2.59. The third kappa shape index (κ3) is 5.01. The topological polar surface area (TPSA) is 99.0 Å². The normalized spacial score (nSPS) is 21.5. The second kappa shape index (κ2) is 9.44. The third-order valence-electron chi connectivity index (χ3n) is 6.43. The van der Waals surface area contributed by atoms with E-state index in [0.717, 1.165) is 4.24 Å². The molecule has 2 aliphatic heterocycles. The molecule has 0 bridgehead atoms. The fraction of sp³-hybridized carbons (Fsp3) is 0.545. The van der Waals surface area contributed by atoms with Gasteiger partial charge in [0.1, 0.15) is 12.0 Å². The molecule has 0 aliphatic carbocycles. The van der Waals surface area contributed by atoms with Crippen LogP contribution < -0.4 is 0 Å². The van der Waals surface area contributed by atoms with Crippen LogP contribution in [0.15, 0.2) is 34.2 Å². The average Bonchev–Trinajstić information content (AvgIpc) is 3.05. The quantitative estimate of drug-likeness (QED) is 0.156. The zero-order valence-corrected chi connectivity index (χ0v) is 22.5. The Morgan fingerprint density at radius 3 is 2.42 bits per heavy atom. The highest BCUT2D eigenvalue weighted by Crippen LogP contribution is 2.54. The van der Waals surface area contributed by atoms with Gasteiger partial charge >= 0.3 is 5.97 Å². The Kier molecular flexibility index (Phi) is 7.38. The van der Waals surface area contributed by atoms with Crippen molar-refractivity contribution in [1.82, 2.24) is 4.90 Å². The van der Waals surface area contributed by atoms with Crippen molar-refractivity contribution < 1.29 is 23.7 Å². The predicted octanol–water partition coefficient (Wildman–Crippen LogP) is 5.11. The lowest BCUT2D eigenvalue weighted by atomic mass is 9.92. The van der Waals surface area contributed by atoms with Crippen molar-refractivity contribution in [2.24, 2.45) is 5.92 Å². The van der Waals surface area contributed by atoms with E-state index in [4.69, 9.17) is 9.16 Å². The standard InChI is InChI=1S/C22H30N2O6S2Si/c1-13(30-33(6,7)22(2,3)4)16-18(25)23-17(21(31-5)32-19(16)23)20(26)29-12-14-8-10-15(11-9-14)24(27)28/h8-11,13,16,19H,12H2,1-7H3/t13-,16+,19-/m1/s1. The van der Waals surface area contributed by atoms with Crippen molar-refractivity contribution >= 4 is 49.4 Å². The van der Waals surface area contributed by atoms with Crippen LogP contribution in [0.25, 0.3) is 0 Å². The number of fused-ring (bicyclic) bond motifs is 1. The maximum absolute atomic E-state index is 13.1. The van der Waals surface area contributed by atoms with E-state index < -0.39 is 19.2 Å². The monoisotopic (exact) mass is 510 g/mol. The van der Waals surface area contributed by atoms with Gasteiger partial charge in [0.2, 0.25) is 5.91 Å². The number of amides is 1. The number of hydrogen-bond acceptors (Lipinski definition) is 8. The minimum absolute atomic E-state index is 0.0289. The van der Waals surface area contributed by atoms with Gasteiger partial charge in [-0.25, -0.2) is 4.79 Å². The van der Waals surface area contributed by atoms with Crippen molar-refractivity contribution in [2.75, 3.05) is 6.26 Å². The van der Waals surface area contributed by atoms with E-state index in [1.54, 1.807) is 12.1 Å². The van der Waals surface area contributed by atoms with Crippen molar-refractivity contribution in [3.05, 3.63) is 49.9 Å². The number of nitro groups is 1. The minimum atomic E-state index is -2.04. The predicted molar refractivity (Wildman–Crippen MR) is 133 cm³/mol. The molecule has 0 aromatic heterocycles. The SMILES string of the molecule is CSC1=C(C(=O)OCc2ccc([N+](=O)[O-])cc2)N2C(=O)[C@H]([C@@H](C)O[Si](C)(C)C(C)(C)C)[C@H]2S1. The Labute approximate surface area is 203 Å². The van der Waals surface area contributed by atoms with Gasteiger partial charge in [0.05, 0.1) is 21.2 Å². The molecule has 2 aliphatic rings. The van der Waals surface area contributed by atoms with Crippen LogP contribution >= 0.6 is 23.5 Å². The number of nitro benzene ring substituents is 1. The summed E-state index contributed by atoms with van der Waals surface area (Å²) in [5.41, 5.74) is 0.880. The van der Waals surface area contributed by atoms with Crippen molar-refractivity contribution in [3.63, 3.8) is 0 Å². The van der Waals surface area contributed by atoms with E-state index in [2.05, 4.69) is 33.9 Å². The number of thioether (sulfide) groups is 2. The van der Waals surface area contributed by atoms with Gasteiger partial charge in [0.15, 0.2) is 14.0 Å². The lowest BCUT2D eigenvalue weighted by molar-refractivity contribution is -0.384. The molecule has 0 unspecified atom stereocenters. The van der Waals surface area contributed by atoms with E-state index >= 15 is 0 Å². The van der Waals surface area contributed by atoms with E-state index in [1.165, 1.54) is 40.6 Å². The molecule has 11 heteroatoms. The maximum atomic E-state index is 13.1. The molecule has 0 spiro atoms. The Morgan fingerprint density at radius 2 is 1.91 bits per heavy atom. The van der Waals surface area contributed by atoms with Gasteiger partial charge in [-0.1, -0.05) is 32.5 Å². The number of carbonyl (C=O) groups is 2. The summed E-state index contributed by atoms with van der Waals surface area (Å²) in [4.78, 5) is 37.8. The van der Waals surface area contributed by atoms with Gasteiger partial charge < -0.3 is 9.16 Å². The number of carbonyl (C=O) groups excluding carboxylic acids is 2. The van der Waals surface area contributed by atoms with Crippen LogP contribution in [0.1, 0.15) is 33.3 Å². The first-order chi connectivity index (χ1) is 15.3. The first-order valence-corrected chi connectivity index (χ1v) is 15.7. The van der Waals surface area contributed by atoms with E-state index in [0.29, 0.717) is 5.56 Å². The highest BCUT2D eigenvalue weighted by atomic mass is 32.2. The molecule has 1 aromatic carbocycles. The van der Waals surface area contributed by atoms with E-state index in [9.17, 15) is 19.7 Å². The number of ether oxygens (including phenoxy) is 1. The van der Waals surface area contributed by atoms with Crippen molar-refractivity contribution in [2.45, 2.75) is 63.9 Å². The average molecular weight is 511 g/mol. The molecule has 0 N–H and O–H groups in total. The summed E-state index contributed by atoms with van der Waals surface area (Å²) in [6.07, 6.45) is 1.62. The van der Waals surface area contributed by atoms with Gasteiger partial charge in [-0.2, -0.15) is 0 Å². The largest absolute Gasteiger partial charge is 0.456 e. The summed E-state index contributed by atoms with van der Waals surface area (Å²) in [6.45, 7) is 12.7. The van der Waals surface area contributed by atoms with Gasteiger partial charge in [-0.3, -0.25) is 19.8 Å². The lowest BCUT2D eigenvalue weighted by Crippen LogP contribution is -2.62. The third-order valence-corrected chi connectivity index (χ3v) is 13.5. The minimum Gasteiger partial charge on any atom is -0.456 e. The number of benzene rings is 1. The van der Waals surface area contributed by atoms with Crippen LogP contribution in [0, 0.1) is 16.0 Å². The van der Waals surface area contributed by atoms with Gasteiger partial charge in [0, 0.05) is 12.1 Å². The molecule has 8 nitrogen and oxygen atoms in total. The molecule has 0 radical (unpaired) electrons. The summed E-state index contributed by atoms with van der Waals surface area (Å²) in [5.74, 6) is -1.01. The fourth-order valence-corrected chi connectivity index (χ4v) is 7.32. The van der Waals surface area contributed by atoms with Crippen LogP contribution in [0.4, 0.5) is 5.69 Å². The molecule has 1 fully saturated rings. The first kappa shape index (κ1) is 25.8. The molecule has 3 rings (SSSR count). The molecule has 1 amide bonds. The first-order valence-electron chi connectivity index (χ1n) is 10.6. The van der Waals surface area contributed by atoms with Crippen LogP contribution in [0.3, 0.4) is 0 Å². The van der Waals surface area contributed by atoms with E-state index in [1.807, 2.05) is 13.2 Å². The number of hydrogen-bond donors (Lipinski definition) is 0. The van der Waals surface area contributed by atoms with Gasteiger partial charge in [-0.05, 0) is 49.0 Å². The highest BCUT2D eigenvalue weighted by molar-refractivity contribution is 8.22. The van der Waals surface area contributed by atoms with Crippen LogP contribution in [-0.4, -0.2) is 47.8 Å². The zero-order chi connectivity index (χ0) is 24.7. The Bertz CT molecular complexity index is 990. The second-order valence-electron chi connectivity index (χ2n) is 9.67. The van der Waals surface area contributed by atoms with Crippen LogP contribution in [0.5, 0.6) is 0 Å². The maximum Gasteiger partial charge on any atom is 0.357 e. The molecular weight excluding hydrogens is 480 g/mol. The summed E-state index contributed by atoms with van der Waals surface area (Å²) >= 11 is 2.92. The smallest absolute Gasteiger partial charge is 0.357 e. The Morgan fingerprint density at radius 1 is 1.30 bits per heavy atom. The van der Waals surface area contributed by atoms with Crippen molar-refractivity contribution in [1.29, 1.82) is 0 Å². The Hall–Kier alpha value is -1.82. The molecule has 2 heterocycles. The van der Waals surface area contributed by atoms with Gasteiger partial charge in [0.25, 0.3) is 5.69 Å². The van der Waals surface area contributed by atoms with E-state index in [-0.39, 0.29) is 46.3 Å². The fourth-order valence-electron chi connectivity index (χ4n) is 3.52. The molecule has 1 saturated heterocycles. The van der Waals surface area contributed by atoms with Crippen molar-refractivity contribution in [3.8, 4) is 0 Å². The molecule has 180 valence electrons. The molecule has 33 heavy (non-hydrogen) atoms. The molecule has 0 saturated carbocycles. The number of rotatable bonds is 8. The lowest BCUT2D eigenvalue weighted by Gasteiger charge is -2.48. The molecular formula is C22H30N2O6S2Si. The number of nitrogens with zero attached hydrogens (tertiary/aromatic N) is 2.